The van der Waals surface area contributed by atoms with Crippen LogP contribution in [0.4, 0.5) is 0 Å². The maximum Gasteiger partial charge on any atom is 0.239 e. The van der Waals surface area contributed by atoms with Gasteiger partial charge in [0, 0.05) is 41.1 Å². The van der Waals surface area contributed by atoms with Crippen LogP contribution in [-0.2, 0) is 14.0 Å². The van der Waals surface area contributed by atoms with Crippen molar-refractivity contribution in [2.45, 2.75) is 116 Å². The van der Waals surface area contributed by atoms with E-state index in [1.54, 1.807) is 0 Å². The molecule has 7 nitrogen and oxygen atoms in total. The number of carbonyl (C=O) groups excluding carboxylic acids is 1. The fourth-order valence-corrected chi connectivity index (χ4v) is 8.58. The number of rotatable bonds is 4. The third kappa shape index (κ3) is 3.41. The zero-order valence-electron chi connectivity index (χ0n) is 21.6. The second-order valence-corrected chi connectivity index (χ2v) is 18.5. The third-order valence-electron chi connectivity index (χ3n) is 10.5. The molecule has 1 N–H and O–H groups in total. The van der Waals surface area contributed by atoms with E-state index in [0.717, 1.165) is 19.3 Å². The van der Waals surface area contributed by atoms with E-state index >= 15 is 0 Å². The highest BCUT2D eigenvalue weighted by atomic mass is 28.4. The molecule has 2 aliphatic carbocycles. The first-order valence-electron chi connectivity index (χ1n) is 12.7. The number of hydrogen-bond acceptors (Lipinski definition) is 6. The SMILES string of the molecule is CC1(C)[C@@H]2C(O)C([N+](=O)[O-])C[C@H]1C(=O)[C@@]13O[C@@H]2C[C@]1(C)CCC[C@@H]3CO[Si](C)(C)C(C)(C)C. The molecule has 2 aliphatic heterocycles. The van der Waals surface area contributed by atoms with Crippen LogP contribution in [0, 0.1) is 38.7 Å². The first kappa shape index (κ1) is 25.3. The topological polar surface area (TPSA) is 98.9 Å². The Morgan fingerprint density at radius 1 is 1.27 bits per heavy atom. The van der Waals surface area contributed by atoms with Crippen molar-refractivity contribution in [3.8, 4) is 0 Å². The van der Waals surface area contributed by atoms with Crippen LogP contribution in [0.1, 0.15) is 73.6 Å². The molecule has 4 rings (SSSR count). The molecule has 33 heavy (non-hydrogen) atoms. The zero-order chi connectivity index (χ0) is 24.8. The Labute approximate surface area is 199 Å². The second-order valence-electron chi connectivity index (χ2n) is 13.7. The summed E-state index contributed by atoms with van der Waals surface area (Å²) in [4.78, 5) is 26.0. The molecule has 1 spiro atoms. The van der Waals surface area contributed by atoms with Crippen molar-refractivity contribution in [3.05, 3.63) is 10.1 Å². The van der Waals surface area contributed by atoms with Gasteiger partial charge in [0.15, 0.2) is 14.1 Å². The fraction of sp³-hybridized carbons (Fsp3) is 0.960. The zero-order valence-corrected chi connectivity index (χ0v) is 22.6. The average Bonchev–Trinajstić information content (AvgIpc) is 2.96. The van der Waals surface area contributed by atoms with Gasteiger partial charge >= 0.3 is 0 Å². The number of ether oxygens (including phenoxy) is 1. The van der Waals surface area contributed by atoms with Gasteiger partial charge < -0.3 is 14.3 Å². The normalized spacial score (nSPS) is 44.8. The molecular formula is C25H43NO6Si. The molecule has 4 fully saturated rings. The van der Waals surface area contributed by atoms with Crippen LogP contribution in [0.2, 0.25) is 18.1 Å². The maximum absolute atomic E-state index is 14.5. The summed E-state index contributed by atoms with van der Waals surface area (Å²) < 4.78 is 13.5. The Morgan fingerprint density at radius 2 is 1.91 bits per heavy atom. The minimum absolute atomic E-state index is 0.0299. The third-order valence-corrected chi connectivity index (χ3v) is 15.0. The molecule has 8 heteroatoms. The van der Waals surface area contributed by atoms with Crippen molar-refractivity contribution in [2.75, 3.05) is 6.61 Å². The summed E-state index contributed by atoms with van der Waals surface area (Å²) in [5.41, 5.74) is -1.87. The van der Waals surface area contributed by atoms with Crippen molar-refractivity contribution in [1.29, 1.82) is 0 Å². The van der Waals surface area contributed by atoms with Gasteiger partial charge in [-0.25, -0.2) is 0 Å². The van der Waals surface area contributed by atoms with Crippen LogP contribution < -0.4 is 0 Å². The predicted molar refractivity (Wildman–Crippen MR) is 128 cm³/mol. The summed E-state index contributed by atoms with van der Waals surface area (Å²) in [6.07, 6.45) is 2.07. The Balaban J connectivity index is 1.77. The molecule has 2 unspecified atom stereocenters. The first-order valence-corrected chi connectivity index (χ1v) is 15.6. The highest BCUT2D eigenvalue weighted by molar-refractivity contribution is 6.74. The van der Waals surface area contributed by atoms with Crippen LogP contribution in [0.3, 0.4) is 0 Å². The van der Waals surface area contributed by atoms with Gasteiger partial charge in [-0.2, -0.15) is 0 Å². The number of fused-ring (bicyclic) bond motifs is 4. The summed E-state index contributed by atoms with van der Waals surface area (Å²) in [6, 6.07) is -1.12. The number of hydrogen-bond donors (Lipinski definition) is 1. The summed E-state index contributed by atoms with van der Waals surface area (Å²) in [5.74, 6) is -0.967. The van der Waals surface area contributed by atoms with Crippen molar-refractivity contribution in [3.63, 3.8) is 0 Å². The molecule has 8 atom stereocenters. The number of nitrogens with zero attached hydrogens (tertiary/aromatic N) is 1. The molecule has 4 bridgehead atoms. The highest BCUT2D eigenvalue weighted by Gasteiger charge is 2.74. The molecule has 0 radical (unpaired) electrons. The van der Waals surface area contributed by atoms with Crippen LogP contribution in [0.15, 0.2) is 0 Å². The second kappa shape index (κ2) is 7.58. The van der Waals surface area contributed by atoms with E-state index in [-0.39, 0.29) is 39.6 Å². The Hall–Kier alpha value is -0.833. The number of aliphatic hydroxyl groups is 1. The molecule has 2 saturated heterocycles. The van der Waals surface area contributed by atoms with Gasteiger partial charge in [0.2, 0.25) is 6.04 Å². The highest BCUT2D eigenvalue weighted by Crippen LogP contribution is 2.66. The minimum Gasteiger partial charge on any atom is -0.416 e. The van der Waals surface area contributed by atoms with E-state index in [0.29, 0.717) is 13.0 Å². The molecule has 0 aromatic rings. The lowest BCUT2D eigenvalue weighted by atomic mass is 9.48. The largest absolute Gasteiger partial charge is 0.416 e. The van der Waals surface area contributed by atoms with Crippen molar-refractivity contribution >= 4 is 14.1 Å². The van der Waals surface area contributed by atoms with Crippen LogP contribution >= 0.6 is 0 Å². The minimum atomic E-state index is -2.02. The van der Waals surface area contributed by atoms with Crippen LogP contribution in [-0.4, -0.2) is 54.6 Å². The number of carbonyl (C=O) groups is 1. The van der Waals surface area contributed by atoms with Gasteiger partial charge in [-0.3, -0.25) is 14.9 Å². The molecule has 188 valence electrons. The Kier molecular flexibility index (Phi) is 5.80. The molecule has 2 saturated carbocycles. The monoisotopic (exact) mass is 481 g/mol. The van der Waals surface area contributed by atoms with Gasteiger partial charge in [0.25, 0.3) is 0 Å². The van der Waals surface area contributed by atoms with Gasteiger partial charge in [0.05, 0.1) is 6.10 Å². The summed E-state index contributed by atoms with van der Waals surface area (Å²) >= 11 is 0. The average molecular weight is 482 g/mol. The van der Waals surface area contributed by atoms with Gasteiger partial charge in [-0.15, -0.1) is 0 Å². The van der Waals surface area contributed by atoms with Gasteiger partial charge in [0.1, 0.15) is 11.7 Å². The molecule has 2 heterocycles. The Bertz CT molecular complexity index is 837. The number of Topliss-reactive ketones (excluding diaryl/α,β-unsaturated/α-hetero) is 1. The standard InChI is InChI=1S/C25H43NO6Si/c1-22(2,3)33(7,8)31-14-15-10-9-11-24(6)13-18-19-20(27)17(26(29)30)12-16(23(19,4)5)21(28)25(15,24)32-18/h15-20,27H,9-14H2,1-8H3/t15-,16+,17?,18-,19+,20?,24+,25-/m1/s1. The lowest BCUT2D eigenvalue weighted by Crippen LogP contribution is -2.65. The summed E-state index contributed by atoms with van der Waals surface area (Å²) in [7, 11) is -2.02. The molecule has 0 aromatic heterocycles. The Morgan fingerprint density at radius 3 is 2.48 bits per heavy atom. The molecule has 0 aromatic carbocycles. The molecule has 0 amide bonds. The van der Waals surface area contributed by atoms with Gasteiger partial charge in [-0.05, 0) is 42.8 Å². The predicted octanol–water partition coefficient (Wildman–Crippen LogP) is 4.59. The lowest BCUT2D eigenvalue weighted by Gasteiger charge is -2.54. The van der Waals surface area contributed by atoms with Crippen LogP contribution in [0.25, 0.3) is 0 Å². The summed E-state index contributed by atoms with van der Waals surface area (Å²) in [6.45, 7) is 17.8. The molecular weight excluding hydrogens is 438 g/mol. The van der Waals surface area contributed by atoms with E-state index in [1.807, 2.05) is 13.8 Å². The number of aliphatic hydroxyl groups excluding tert-OH is 1. The van der Waals surface area contributed by atoms with Crippen molar-refractivity contribution < 1.29 is 24.0 Å². The quantitative estimate of drug-likeness (QED) is 0.358. The number of ketones is 1. The van der Waals surface area contributed by atoms with E-state index < -0.39 is 43.3 Å². The fourth-order valence-electron chi connectivity index (χ4n) is 7.53. The van der Waals surface area contributed by atoms with E-state index in [4.69, 9.17) is 9.16 Å². The van der Waals surface area contributed by atoms with Crippen molar-refractivity contribution in [1.82, 2.24) is 0 Å². The smallest absolute Gasteiger partial charge is 0.239 e. The molecule has 4 aliphatic rings. The first-order chi connectivity index (χ1) is 15.0. The lowest BCUT2D eigenvalue weighted by molar-refractivity contribution is -0.544. The number of nitro groups is 1. The van der Waals surface area contributed by atoms with E-state index in [2.05, 4.69) is 40.8 Å². The van der Waals surface area contributed by atoms with Crippen LogP contribution in [0.5, 0.6) is 0 Å². The van der Waals surface area contributed by atoms with Crippen molar-refractivity contribution in [2.24, 2.45) is 28.6 Å². The maximum atomic E-state index is 14.5. The van der Waals surface area contributed by atoms with E-state index in [1.165, 1.54) is 0 Å². The van der Waals surface area contributed by atoms with E-state index in [9.17, 15) is 20.0 Å². The van der Waals surface area contributed by atoms with Gasteiger partial charge in [-0.1, -0.05) is 48.0 Å². The summed E-state index contributed by atoms with van der Waals surface area (Å²) in [5, 5.41) is 23.0.